The molecule has 8 heteroatoms. The SMILES string of the molecule is COc1cc(C(=O)/C=C/c2csc(-c3ccsc3)n2)ccc1OC(F)F. The standard InChI is InChI=1S/C18H13F2NO3S2/c1-23-16-8-11(2-5-15(16)24-18(19)20)14(22)4-3-13-10-26-17(21-13)12-6-7-25-9-12/h2-10,18H,1H3/b4-3+. The number of methoxy groups -OCH3 is 1. The number of ether oxygens (including phenoxy) is 2. The third-order valence-corrected chi connectivity index (χ3v) is 4.95. The van der Waals surface area contributed by atoms with Crippen molar-refractivity contribution in [1.29, 1.82) is 0 Å². The summed E-state index contributed by atoms with van der Waals surface area (Å²) in [5.74, 6) is -0.349. The van der Waals surface area contributed by atoms with Gasteiger partial charge < -0.3 is 9.47 Å². The molecule has 26 heavy (non-hydrogen) atoms. The molecule has 0 aliphatic carbocycles. The molecule has 0 radical (unpaired) electrons. The zero-order chi connectivity index (χ0) is 18.5. The molecule has 0 amide bonds. The van der Waals surface area contributed by atoms with Gasteiger partial charge in [-0.25, -0.2) is 4.98 Å². The van der Waals surface area contributed by atoms with Gasteiger partial charge in [0.25, 0.3) is 0 Å². The van der Waals surface area contributed by atoms with Crippen molar-refractivity contribution < 1.29 is 23.0 Å². The number of nitrogens with zero attached hydrogens (tertiary/aromatic N) is 1. The van der Waals surface area contributed by atoms with Crippen LogP contribution in [0.25, 0.3) is 16.6 Å². The summed E-state index contributed by atoms with van der Waals surface area (Å²) < 4.78 is 34.0. The number of carbonyl (C=O) groups is 1. The normalized spacial score (nSPS) is 11.2. The number of carbonyl (C=O) groups excluding carboxylic acids is 1. The average molecular weight is 393 g/mol. The third-order valence-electron chi connectivity index (χ3n) is 3.36. The van der Waals surface area contributed by atoms with E-state index in [1.54, 1.807) is 17.4 Å². The smallest absolute Gasteiger partial charge is 0.387 e. The maximum absolute atomic E-state index is 12.3. The van der Waals surface area contributed by atoms with Gasteiger partial charge >= 0.3 is 6.61 Å². The van der Waals surface area contributed by atoms with E-state index < -0.39 is 6.61 Å². The maximum atomic E-state index is 12.3. The zero-order valence-corrected chi connectivity index (χ0v) is 15.2. The van der Waals surface area contributed by atoms with Crippen LogP contribution in [0.3, 0.4) is 0 Å². The van der Waals surface area contributed by atoms with Crippen molar-refractivity contribution in [2.45, 2.75) is 6.61 Å². The van der Waals surface area contributed by atoms with Gasteiger partial charge in [-0.2, -0.15) is 20.1 Å². The van der Waals surface area contributed by atoms with Gasteiger partial charge in [0.1, 0.15) is 5.01 Å². The Morgan fingerprint density at radius 2 is 2.08 bits per heavy atom. The van der Waals surface area contributed by atoms with Crippen molar-refractivity contribution in [3.8, 4) is 22.1 Å². The van der Waals surface area contributed by atoms with E-state index in [4.69, 9.17) is 4.74 Å². The van der Waals surface area contributed by atoms with Gasteiger partial charge in [-0.05, 0) is 41.8 Å². The van der Waals surface area contributed by atoms with Crippen LogP contribution in [0.2, 0.25) is 0 Å². The quantitative estimate of drug-likeness (QED) is 0.400. The first-order chi connectivity index (χ1) is 12.6. The molecule has 1 aromatic carbocycles. The molecule has 0 aliphatic rings. The fourth-order valence-corrected chi connectivity index (χ4v) is 3.65. The lowest BCUT2D eigenvalue weighted by Gasteiger charge is -2.10. The van der Waals surface area contributed by atoms with Crippen molar-refractivity contribution in [2.75, 3.05) is 7.11 Å². The summed E-state index contributed by atoms with van der Waals surface area (Å²) in [5, 5.41) is 6.72. The van der Waals surface area contributed by atoms with Gasteiger partial charge in [0, 0.05) is 21.9 Å². The third kappa shape index (κ3) is 4.33. The van der Waals surface area contributed by atoms with E-state index >= 15 is 0 Å². The topological polar surface area (TPSA) is 48.4 Å². The van der Waals surface area contributed by atoms with Crippen molar-refractivity contribution in [2.24, 2.45) is 0 Å². The van der Waals surface area contributed by atoms with E-state index in [-0.39, 0.29) is 17.3 Å². The largest absolute Gasteiger partial charge is 0.493 e. The van der Waals surface area contributed by atoms with Crippen LogP contribution >= 0.6 is 22.7 Å². The molecule has 4 nitrogen and oxygen atoms in total. The first-order valence-electron chi connectivity index (χ1n) is 7.40. The Hall–Kier alpha value is -2.58. The molecule has 0 atom stereocenters. The fourth-order valence-electron chi connectivity index (χ4n) is 2.15. The molecule has 0 saturated heterocycles. The Balaban J connectivity index is 1.74. The number of thiazole rings is 1. The fraction of sp³-hybridized carbons (Fsp3) is 0.111. The van der Waals surface area contributed by atoms with Gasteiger partial charge in [0.15, 0.2) is 17.3 Å². The Bertz CT molecular complexity index is 920. The van der Waals surface area contributed by atoms with Crippen LogP contribution < -0.4 is 9.47 Å². The molecular weight excluding hydrogens is 380 g/mol. The monoisotopic (exact) mass is 393 g/mol. The minimum Gasteiger partial charge on any atom is -0.493 e. The van der Waals surface area contributed by atoms with Crippen LogP contribution in [-0.2, 0) is 0 Å². The molecule has 134 valence electrons. The number of benzene rings is 1. The van der Waals surface area contributed by atoms with Crippen LogP contribution in [0.5, 0.6) is 11.5 Å². The van der Waals surface area contributed by atoms with Gasteiger partial charge in [-0.15, -0.1) is 11.3 Å². The average Bonchev–Trinajstić information content (AvgIpc) is 3.30. The number of hydrogen-bond donors (Lipinski definition) is 0. The first-order valence-corrected chi connectivity index (χ1v) is 9.22. The number of thiophene rings is 1. The predicted octanol–water partition coefficient (Wildman–Crippen LogP) is 5.38. The lowest BCUT2D eigenvalue weighted by atomic mass is 10.1. The molecular formula is C18H13F2NO3S2. The lowest BCUT2D eigenvalue weighted by Crippen LogP contribution is -2.04. The summed E-state index contributed by atoms with van der Waals surface area (Å²) in [4.78, 5) is 16.8. The van der Waals surface area contributed by atoms with Crippen LogP contribution in [0.4, 0.5) is 8.78 Å². The summed E-state index contributed by atoms with van der Waals surface area (Å²) in [7, 11) is 1.32. The molecule has 0 fully saturated rings. The molecule has 3 rings (SSSR count). The highest BCUT2D eigenvalue weighted by Gasteiger charge is 2.13. The number of halogens is 2. The molecule has 0 saturated carbocycles. The van der Waals surface area contributed by atoms with Crippen molar-refractivity contribution in [3.05, 3.63) is 57.7 Å². The van der Waals surface area contributed by atoms with Gasteiger partial charge in [0.2, 0.25) is 0 Å². The number of allylic oxidation sites excluding steroid dienone is 1. The highest BCUT2D eigenvalue weighted by atomic mass is 32.1. The minimum atomic E-state index is -2.97. The molecule has 0 N–H and O–H groups in total. The summed E-state index contributed by atoms with van der Waals surface area (Å²) in [6, 6.07) is 6.04. The highest BCUT2D eigenvalue weighted by Crippen LogP contribution is 2.30. The Labute approximate surface area is 156 Å². The van der Waals surface area contributed by atoms with Crippen LogP contribution in [0, 0.1) is 0 Å². The summed E-state index contributed by atoms with van der Waals surface area (Å²) in [6.07, 6.45) is 3.00. The van der Waals surface area contributed by atoms with Crippen molar-refractivity contribution >= 4 is 34.5 Å². The number of ketones is 1. The Kier molecular flexibility index (Phi) is 5.75. The molecule has 0 unspecified atom stereocenters. The molecule has 0 bridgehead atoms. The maximum Gasteiger partial charge on any atom is 0.387 e. The van der Waals surface area contributed by atoms with Crippen molar-refractivity contribution in [3.63, 3.8) is 0 Å². The number of alkyl halides is 2. The van der Waals surface area contributed by atoms with Crippen LogP contribution in [-0.4, -0.2) is 24.5 Å². The lowest BCUT2D eigenvalue weighted by molar-refractivity contribution is -0.0512. The van der Waals surface area contributed by atoms with Crippen LogP contribution in [0.15, 0.2) is 46.5 Å². The highest BCUT2D eigenvalue weighted by molar-refractivity contribution is 7.14. The van der Waals surface area contributed by atoms with Crippen molar-refractivity contribution in [1.82, 2.24) is 4.98 Å². The number of aromatic nitrogens is 1. The van der Waals surface area contributed by atoms with E-state index in [1.165, 1.54) is 42.7 Å². The van der Waals surface area contributed by atoms with E-state index in [2.05, 4.69) is 9.72 Å². The summed E-state index contributed by atoms with van der Waals surface area (Å²) >= 11 is 3.09. The Morgan fingerprint density at radius 3 is 2.77 bits per heavy atom. The van der Waals surface area contributed by atoms with Crippen LogP contribution in [0.1, 0.15) is 16.1 Å². The summed E-state index contributed by atoms with van der Waals surface area (Å²) in [6.45, 7) is -2.97. The second-order valence-corrected chi connectivity index (χ2v) is 6.67. The van der Waals surface area contributed by atoms with Gasteiger partial charge in [0.05, 0.1) is 12.8 Å². The van der Waals surface area contributed by atoms with E-state index in [0.29, 0.717) is 11.3 Å². The number of rotatable bonds is 7. The molecule has 2 aromatic heterocycles. The zero-order valence-electron chi connectivity index (χ0n) is 13.5. The predicted molar refractivity (Wildman–Crippen MR) is 98.4 cm³/mol. The van der Waals surface area contributed by atoms with E-state index in [0.717, 1.165) is 10.6 Å². The number of hydrogen-bond acceptors (Lipinski definition) is 6. The second kappa shape index (κ2) is 8.20. The minimum absolute atomic E-state index is 0.0675. The first kappa shape index (κ1) is 18.2. The molecule has 0 aliphatic heterocycles. The molecule has 3 aromatic rings. The van der Waals surface area contributed by atoms with E-state index in [9.17, 15) is 13.6 Å². The second-order valence-electron chi connectivity index (χ2n) is 5.03. The van der Waals surface area contributed by atoms with Gasteiger partial charge in [-0.3, -0.25) is 4.79 Å². The molecule has 2 heterocycles. The summed E-state index contributed by atoms with van der Waals surface area (Å²) in [5.41, 5.74) is 2.02. The van der Waals surface area contributed by atoms with Gasteiger partial charge in [-0.1, -0.05) is 0 Å². The van der Waals surface area contributed by atoms with E-state index in [1.807, 2.05) is 22.2 Å². The molecule has 0 spiro atoms. The Morgan fingerprint density at radius 1 is 1.23 bits per heavy atom.